The Bertz CT molecular complexity index is 780. The summed E-state index contributed by atoms with van der Waals surface area (Å²) < 4.78 is 0. The Morgan fingerprint density at radius 1 is 1.05 bits per heavy atom. The lowest BCUT2D eigenvalue weighted by atomic mass is 9.83. The van der Waals surface area contributed by atoms with E-state index >= 15 is 0 Å². The van der Waals surface area contributed by atoms with Crippen LogP contribution in [0.3, 0.4) is 0 Å². The van der Waals surface area contributed by atoms with Gasteiger partial charge in [-0.2, -0.15) is 0 Å². The van der Waals surface area contributed by atoms with Crippen LogP contribution in [0, 0.1) is 10.8 Å². The summed E-state index contributed by atoms with van der Waals surface area (Å²) in [6, 6.07) is 1.90. The summed E-state index contributed by atoms with van der Waals surface area (Å²) in [6.07, 6.45) is 7.86. The van der Waals surface area contributed by atoms with E-state index in [2.05, 4.69) is 31.0 Å². The molecular weight excluding hydrogens is 250 g/mol. The number of nitrogens with zero attached hydrogens (tertiary/aromatic N) is 1. The third kappa shape index (κ3) is 1.85. The molecule has 3 heteroatoms. The molecule has 1 heterocycles. The van der Waals surface area contributed by atoms with E-state index in [1.807, 2.05) is 26.0 Å². The minimum atomic E-state index is -0.575. The topological polar surface area (TPSA) is 53.4 Å². The van der Waals surface area contributed by atoms with E-state index in [0.717, 1.165) is 10.9 Å². The molecule has 0 aromatic carbocycles. The summed E-state index contributed by atoms with van der Waals surface area (Å²) >= 11 is 0. The first kappa shape index (κ1) is 13.0. The Morgan fingerprint density at radius 3 is 2.45 bits per heavy atom. The number of rotatable bonds is 0. The molecular formula is C17H19NO2. The maximum absolute atomic E-state index is 10.4. The van der Waals surface area contributed by atoms with Crippen LogP contribution in [0.2, 0.25) is 0 Å². The minimum Gasteiger partial charge on any atom is -0.511 e. The van der Waals surface area contributed by atoms with Gasteiger partial charge in [-0.05, 0) is 32.1 Å². The molecule has 0 bridgehead atoms. The van der Waals surface area contributed by atoms with Gasteiger partial charge < -0.3 is 10.2 Å². The molecule has 0 saturated carbocycles. The molecule has 1 aromatic rings. The van der Waals surface area contributed by atoms with Crippen molar-refractivity contribution in [2.24, 2.45) is 10.8 Å². The molecule has 0 fully saturated rings. The number of aliphatic hydroxyl groups is 2. The number of pyridine rings is 1. The van der Waals surface area contributed by atoms with Crippen molar-refractivity contribution in [3.63, 3.8) is 0 Å². The molecule has 0 amide bonds. The second-order valence-corrected chi connectivity index (χ2v) is 6.76. The average Bonchev–Trinajstić information content (AvgIpc) is 2.33. The van der Waals surface area contributed by atoms with Gasteiger partial charge in [0.2, 0.25) is 0 Å². The summed E-state index contributed by atoms with van der Waals surface area (Å²) in [5.74, 6) is 0.380. The molecule has 2 aliphatic carbocycles. The predicted molar refractivity (Wildman–Crippen MR) is 81.2 cm³/mol. The highest BCUT2D eigenvalue weighted by molar-refractivity contribution is 5.70. The van der Waals surface area contributed by atoms with Gasteiger partial charge in [0.05, 0.1) is 5.35 Å². The number of allylic oxidation sites excluding steroid dienone is 1. The van der Waals surface area contributed by atoms with Crippen molar-refractivity contribution in [2.45, 2.75) is 27.7 Å². The molecule has 0 spiro atoms. The smallest absolute Gasteiger partial charge is 0.138 e. The lowest BCUT2D eigenvalue weighted by Gasteiger charge is -2.25. The second-order valence-electron chi connectivity index (χ2n) is 6.76. The van der Waals surface area contributed by atoms with Gasteiger partial charge in [-0.1, -0.05) is 26.0 Å². The Hall–Kier alpha value is -2.03. The summed E-state index contributed by atoms with van der Waals surface area (Å²) in [5.41, 5.74) is 0.810. The van der Waals surface area contributed by atoms with Crippen LogP contribution in [0.25, 0.3) is 23.7 Å². The van der Waals surface area contributed by atoms with Crippen LogP contribution >= 0.6 is 0 Å². The Balaban J connectivity index is 2.40. The summed E-state index contributed by atoms with van der Waals surface area (Å²) in [6.45, 7) is 7.95. The third-order valence-electron chi connectivity index (χ3n) is 3.89. The monoisotopic (exact) mass is 269 g/mol. The van der Waals surface area contributed by atoms with Gasteiger partial charge >= 0.3 is 0 Å². The largest absolute Gasteiger partial charge is 0.511 e. The van der Waals surface area contributed by atoms with E-state index in [9.17, 15) is 10.2 Å². The zero-order valence-corrected chi connectivity index (χ0v) is 12.2. The standard InChI is InChI=1S/C17H19NO2/c1-16(2)6-5-10-7-11-14(18-12(10)8-16)13(19)9-17(3,4)15(11)20/h5-9,19-20H,1-4H3. The van der Waals surface area contributed by atoms with Gasteiger partial charge in [-0.15, -0.1) is 0 Å². The van der Waals surface area contributed by atoms with E-state index in [1.54, 1.807) is 6.08 Å². The molecule has 2 aliphatic rings. The van der Waals surface area contributed by atoms with Crippen molar-refractivity contribution < 1.29 is 10.2 Å². The Kier molecular flexibility index (Phi) is 2.43. The lowest BCUT2D eigenvalue weighted by molar-refractivity contribution is 0.385. The first-order valence-corrected chi connectivity index (χ1v) is 6.79. The highest BCUT2D eigenvalue weighted by Crippen LogP contribution is 2.32. The van der Waals surface area contributed by atoms with Gasteiger partial charge in [0.25, 0.3) is 0 Å². The van der Waals surface area contributed by atoms with E-state index in [0.29, 0.717) is 10.9 Å². The van der Waals surface area contributed by atoms with E-state index in [-0.39, 0.29) is 16.9 Å². The van der Waals surface area contributed by atoms with Crippen LogP contribution in [0.4, 0.5) is 0 Å². The number of aliphatic hydroxyl groups excluding tert-OH is 2. The molecule has 104 valence electrons. The quantitative estimate of drug-likeness (QED) is 0.761. The first-order chi connectivity index (χ1) is 9.20. The van der Waals surface area contributed by atoms with E-state index in [1.165, 1.54) is 0 Å². The van der Waals surface area contributed by atoms with Crippen molar-refractivity contribution in [3.05, 3.63) is 40.0 Å². The normalized spacial score (nSPS) is 21.6. The van der Waals surface area contributed by atoms with Gasteiger partial charge in [0.1, 0.15) is 17.2 Å². The van der Waals surface area contributed by atoms with Crippen molar-refractivity contribution in [1.82, 2.24) is 4.98 Å². The highest BCUT2D eigenvalue weighted by Gasteiger charge is 2.29. The molecule has 0 atom stereocenters. The number of hydrogen-bond acceptors (Lipinski definition) is 3. The van der Waals surface area contributed by atoms with Crippen LogP contribution in [-0.2, 0) is 0 Å². The molecule has 2 N–H and O–H groups in total. The Morgan fingerprint density at radius 2 is 1.75 bits per heavy atom. The summed E-state index contributed by atoms with van der Waals surface area (Å²) in [5, 5.41) is 22.1. The van der Waals surface area contributed by atoms with Crippen molar-refractivity contribution in [2.75, 3.05) is 0 Å². The minimum absolute atomic E-state index is 0.0483. The van der Waals surface area contributed by atoms with Crippen LogP contribution in [0.1, 0.15) is 39.0 Å². The summed E-state index contributed by atoms with van der Waals surface area (Å²) in [4.78, 5) is 4.54. The fourth-order valence-electron chi connectivity index (χ4n) is 2.70. The molecule has 0 aliphatic heterocycles. The number of fused-ring (bicyclic) bond motifs is 2. The first-order valence-electron chi connectivity index (χ1n) is 6.79. The van der Waals surface area contributed by atoms with Crippen molar-refractivity contribution >= 4 is 23.7 Å². The van der Waals surface area contributed by atoms with Crippen molar-refractivity contribution in [1.29, 1.82) is 0 Å². The highest BCUT2D eigenvalue weighted by atomic mass is 16.3. The van der Waals surface area contributed by atoms with E-state index in [4.69, 9.17) is 0 Å². The fraction of sp³-hybridized carbons (Fsp3) is 0.353. The number of hydrogen-bond donors (Lipinski definition) is 2. The Labute approximate surface area is 118 Å². The molecule has 3 nitrogen and oxygen atoms in total. The molecule has 0 radical (unpaired) electrons. The SMILES string of the molecule is CC1(C)C=Cc2cc3c(nc2=C1)C(O)=CC(C)(C)C=3O. The van der Waals surface area contributed by atoms with E-state index < -0.39 is 5.41 Å². The maximum atomic E-state index is 10.4. The van der Waals surface area contributed by atoms with Crippen LogP contribution in [0.15, 0.2) is 18.2 Å². The predicted octanol–water partition coefficient (Wildman–Crippen LogP) is 2.52. The van der Waals surface area contributed by atoms with Gasteiger partial charge in [-0.25, -0.2) is 4.98 Å². The van der Waals surface area contributed by atoms with Gasteiger partial charge in [0.15, 0.2) is 0 Å². The van der Waals surface area contributed by atoms with Gasteiger partial charge in [-0.3, -0.25) is 0 Å². The summed E-state index contributed by atoms with van der Waals surface area (Å²) in [7, 11) is 0. The third-order valence-corrected chi connectivity index (χ3v) is 3.89. The average molecular weight is 269 g/mol. The zero-order valence-electron chi connectivity index (χ0n) is 12.2. The molecule has 0 unspecified atom stereocenters. The zero-order chi connectivity index (χ0) is 14.7. The fourth-order valence-corrected chi connectivity index (χ4v) is 2.70. The van der Waals surface area contributed by atoms with Crippen LogP contribution in [0.5, 0.6) is 0 Å². The van der Waals surface area contributed by atoms with Crippen LogP contribution < -0.4 is 10.6 Å². The van der Waals surface area contributed by atoms with Crippen molar-refractivity contribution in [3.8, 4) is 0 Å². The second kappa shape index (κ2) is 3.75. The molecule has 3 rings (SSSR count). The number of aromatic nitrogens is 1. The van der Waals surface area contributed by atoms with Crippen LogP contribution in [-0.4, -0.2) is 15.2 Å². The van der Waals surface area contributed by atoms with Gasteiger partial charge in [0, 0.05) is 21.6 Å². The maximum Gasteiger partial charge on any atom is 0.138 e. The molecule has 0 saturated heterocycles. The lowest BCUT2D eigenvalue weighted by Crippen LogP contribution is -2.33. The molecule has 20 heavy (non-hydrogen) atoms. The molecule has 1 aromatic heterocycles.